The van der Waals surface area contributed by atoms with Gasteiger partial charge in [0, 0.05) is 9.86 Å². The fourth-order valence-corrected chi connectivity index (χ4v) is 1.88. The van der Waals surface area contributed by atoms with Gasteiger partial charge in [0.15, 0.2) is 0 Å². The maximum Gasteiger partial charge on any atom is 0.135 e. The van der Waals surface area contributed by atoms with Crippen molar-refractivity contribution in [1.82, 2.24) is 5.32 Å². The number of benzene rings is 1. The number of nitrogens with one attached hydrogen (secondary N) is 1. The summed E-state index contributed by atoms with van der Waals surface area (Å²) >= 11 is 3.50. The molecule has 1 aromatic carbocycles. The number of hydrogen-bond acceptors (Lipinski definition) is 2. The molecule has 0 amide bonds. The first-order valence-corrected chi connectivity index (χ1v) is 5.48. The van der Waals surface area contributed by atoms with Crippen LogP contribution >= 0.6 is 15.9 Å². The molecule has 2 rings (SSSR count). The summed E-state index contributed by atoms with van der Waals surface area (Å²) in [5.74, 6) is 0.980. The number of furan rings is 1. The third-order valence-corrected chi connectivity index (χ3v) is 2.80. The van der Waals surface area contributed by atoms with Gasteiger partial charge in [-0.1, -0.05) is 28.9 Å². The molecule has 2 nitrogen and oxygen atoms in total. The van der Waals surface area contributed by atoms with E-state index in [0.29, 0.717) is 0 Å². The number of rotatable bonds is 3. The van der Waals surface area contributed by atoms with Gasteiger partial charge < -0.3 is 9.73 Å². The Balaban J connectivity index is 2.36. The molecular formula is C11H12BrNO. The molecule has 0 aliphatic rings. The predicted octanol–water partition coefficient (Wildman–Crippen LogP) is 3.30. The Labute approximate surface area is 91.4 Å². The van der Waals surface area contributed by atoms with Gasteiger partial charge in [0.1, 0.15) is 11.3 Å². The van der Waals surface area contributed by atoms with Crippen LogP contribution in [-0.4, -0.2) is 6.54 Å². The minimum absolute atomic E-state index is 0.789. The summed E-state index contributed by atoms with van der Waals surface area (Å²) in [5, 5.41) is 4.38. The Bertz CT molecular complexity index is 436. The van der Waals surface area contributed by atoms with Crippen molar-refractivity contribution in [2.45, 2.75) is 13.5 Å². The van der Waals surface area contributed by atoms with Crippen LogP contribution in [-0.2, 0) is 6.54 Å². The van der Waals surface area contributed by atoms with E-state index in [2.05, 4.69) is 34.2 Å². The molecule has 74 valence electrons. The van der Waals surface area contributed by atoms with Crippen molar-refractivity contribution in [2.75, 3.05) is 6.54 Å². The highest BCUT2D eigenvalue weighted by molar-refractivity contribution is 9.10. The minimum Gasteiger partial charge on any atom is -0.460 e. The quantitative estimate of drug-likeness (QED) is 0.909. The van der Waals surface area contributed by atoms with Crippen molar-refractivity contribution < 1.29 is 4.42 Å². The smallest absolute Gasteiger partial charge is 0.135 e. The first-order valence-electron chi connectivity index (χ1n) is 4.69. The van der Waals surface area contributed by atoms with Crippen LogP contribution < -0.4 is 5.32 Å². The second-order valence-corrected chi connectivity index (χ2v) is 4.00. The maximum absolute atomic E-state index is 5.66. The fourth-order valence-electron chi connectivity index (χ4n) is 1.41. The summed E-state index contributed by atoms with van der Waals surface area (Å²) in [5.41, 5.74) is 0.937. The monoisotopic (exact) mass is 253 g/mol. The molecule has 0 unspecified atom stereocenters. The molecule has 0 radical (unpaired) electrons. The Kier molecular flexibility index (Phi) is 2.89. The lowest BCUT2D eigenvalue weighted by Crippen LogP contribution is -2.10. The van der Waals surface area contributed by atoms with Gasteiger partial charge in [0.05, 0.1) is 6.54 Å². The third kappa shape index (κ3) is 1.83. The molecule has 0 spiro atoms. The lowest BCUT2D eigenvalue weighted by Gasteiger charge is -1.94. The van der Waals surface area contributed by atoms with Gasteiger partial charge >= 0.3 is 0 Å². The molecule has 0 bridgehead atoms. The lowest BCUT2D eigenvalue weighted by molar-refractivity contribution is 0.520. The van der Waals surface area contributed by atoms with E-state index >= 15 is 0 Å². The van der Waals surface area contributed by atoms with E-state index in [1.54, 1.807) is 0 Å². The summed E-state index contributed by atoms with van der Waals surface area (Å²) in [4.78, 5) is 0. The average molecular weight is 254 g/mol. The molecule has 1 N–H and O–H groups in total. The molecule has 1 aromatic heterocycles. The van der Waals surface area contributed by atoms with E-state index < -0.39 is 0 Å². The summed E-state index contributed by atoms with van der Waals surface area (Å²) < 4.78 is 6.74. The van der Waals surface area contributed by atoms with Gasteiger partial charge in [-0.25, -0.2) is 0 Å². The molecule has 0 fully saturated rings. The molecule has 14 heavy (non-hydrogen) atoms. The molecule has 0 saturated heterocycles. The van der Waals surface area contributed by atoms with E-state index in [1.165, 1.54) is 0 Å². The summed E-state index contributed by atoms with van der Waals surface area (Å²) in [6, 6.07) is 8.06. The van der Waals surface area contributed by atoms with E-state index in [9.17, 15) is 0 Å². The summed E-state index contributed by atoms with van der Waals surface area (Å²) in [6.07, 6.45) is 0. The minimum atomic E-state index is 0.789. The lowest BCUT2D eigenvalue weighted by atomic mass is 10.2. The standard InChI is InChI=1S/C11H12BrNO/c1-2-13-7-8-6-9-10(12)4-3-5-11(9)14-8/h3-6,13H,2,7H2,1H3. The van der Waals surface area contributed by atoms with Gasteiger partial charge in [-0.15, -0.1) is 0 Å². The summed E-state index contributed by atoms with van der Waals surface area (Å²) in [7, 11) is 0. The van der Waals surface area contributed by atoms with Gasteiger partial charge in [0.25, 0.3) is 0 Å². The SMILES string of the molecule is CCNCc1cc2c(Br)cccc2o1. The molecule has 0 saturated carbocycles. The Morgan fingerprint density at radius 2 is 2.29 bits per heavy atom. The zero-order valence-electron chi connectivity index (χ0n) is 8.01. The van der Waals surface area contributed by atoms with Crippen LogP contribution in [0.25, 0.3) is 11.0 Å². The topological polar surface area (TPSA) is 25.2 Å². The molecule has 0 atom stereocenters. The van der Waals surface area contributed by atoms with Crippen LogP contribution in [0.2, 0.25) is 0 Å². The first-order chi connectivity index (χ1) is 6.81. The number of halogens is 1. The molecule has 0 aliphatic carbocycles. The van der Waals surface area contributed by atoms with E-state index in [-0.39, 0.29) is 0 Å². The van der Waals surface area contributed by atoms with Crippen LogP contribution in [0, 0.1) is 0 Å². The Morgan fingerprint density at radius 1 is 1.43 bits per heavy atom. The highest BCUT2D eigenvalue weighted by Crippen LogP contribution is 2.26. The normalized spacial score (nSPS) is 11.0. The molecule has 3 heteroatoms. The Morgan fingerprint density at radius 3 is 3.00 bits per heavy atom. The third-order valence-electron chi connectivity index (χ3n) is 2.11. The second-order valence-electron chi connectivity index (χ2n) is 3.14. The molecule has 2 aromatic rings. The van der Waals surface area contributed by atoms with Gasteiger partial charge in [-0.3, -0.25) is 0 Å². The van der Waals surface area contributed by atoms with Crippen molar-refractivity contribution in [3.05, 3.63) is 34.5 Å². The zero-order chi connectivity index (χ0) is 9.97. The van der Waals surface area contributed by atoms with Crippen molar-refractivity contribution >= 4 is 26.9 Å². The van der Waals surface area contributed by atoms with Crippen LogP contribution in [0.1, 0.15) is 12.7 Å². The van der Waals surface area contributed by atoms with Crippen molar-refractivity contribution in [3.8, 4) is 0 Å². The van der Waals surface area contributed by atoms with E-state index in [1.807, 2.05) is 18.2 Å². The van der Waals surface area contributed by atoms with Gasteiger partial charge in [-0.05, 0) is 24.7 Å². The Hall–Kier alpha value is -0.800. The van der Waals surface area contributed by atoms with Crippen LogP contribution in [0.5, 0.6) is 0 Å². The highest BCUT2D eigenvalue weighted by Gasteiger charge is 2.04. The number of hydrogen-bond donors (Lipinski definition) is 1. The molecule has 1 heterocycles. The zero-order valence-corrected chi connectivity index (χ0v) is 9.60. The molecule has 0 aliphatic heterocycles. The average Bonchev–Trinajstić information content (AvgIpc) is 2.59. The van der Waals surface area contributed by atoms with E-state index in [0.717, 1.165) is 34.3 Å². The van der Waals surface area contributed by atoms with Crippen LogP contribution in [0.4, 0.5) is 0 Å². The number of fused-ring (bicyclic) bond motifs is 1. The maximum atomic E-state index is 5.66. The van der Waals surface area contributed by atoms with E-state index in [4.69, 9.17) is 4.42 Å². The first kappa shape index (κ1) is 9.74. The highest BCUT2D eigenvalue weighted by atomic mass is 79.9. The van der Waals surface area contributed by atoms with Gasteiger partial charge in [-0.2, -0.15) is 0 Å². The van der Waals surface area contributed by atoms with Gasteiger partial charge in [0.2, 0.25) is 0 Å². The van der Waals surface area contributed by atoms with Crippen molar-refractivity contribution in [3.63, 3.8) is 0 Å². The van der Waals surface area contributed by atoms with Crippen molar-refractivity contribution in [1.29, 1.82) is 0 Å². The predicted molar refractivity (Wildman–Crippen MR) is 61.3 cm³/mol. The van der Waals surface area contributed by atoms with Crippen molar-refractivity contribution in [2.24, 2.45) is 0 Å². The second kappa shape index (κ2) is 4.15. The fraction of sp³-hybridized carbons (Fsp3) is 0.273. The van der Waals surface area contributed by atoms with Crippen LogP contribution in [0.15, 0.2) is 33.2 Å². The summed E-state index contributed by atoms with van der Waals surface area (Å²) in [6.45, 7) is 3.83. The molecular weight excluding hydrogens is 242 g/mol. The largest absolute Gasteiger partial charge is 0.460 e. The van der Waals surface area contributed by atoms with Crippen LogP contribution in [0.3, 0.4) is 0 Å².